The highest BCUT2D eigenvalue weighted by atomic mass is 14.6. The molecule has 0 atom stereocenters. The topological polar surface area (TPSA) is 36.7 Å². The van der Waals surface area contributed by atoms with E-state index in [9.17, 15) is 0 Å². The van der Waals surface area contributed by atoms with Crippen LogP contribution in [0, 0.1) is 23.2 Å². The van der Waals surface area contributed by atoms with E-state index in [4.69, 9.17) is 5.26 Å². The second kappa shape index (κ2) is 6.23. The van der Waals surface area contributed by atoms with Gasteiger partial charge in [0.2, 0.25) is 0 Å². The molecule has 2 rings (SSSR count). The van der Waals surface area contributed by atoms with Crippen molar-refractivity contribution in [1.29, 1.82) is 5.26 Å². The van der Waals surface area contributed by atoms with Gasteiger partial charge in [0.05, 0.1) is 11.6 Å². The Kier molecular flexibility index (Phi) is 4.11. The molecule has 86 valence electrons. The predicted molar refractivity (Wildman–Crippen MR) is 70.6 cm³/mol. The quantitative estimate of drug-likeness (QED) is 0.746. The Morgan fingerprint density at radius 1 is 1.06 bits per heavy atom. The third kappa shape index (κ3) is 3.47. The second-order valence-corrected chi connectivity index (χ2v) is 3.83. The molecule has 1 aromatic heterocycles. The Morgan fingerprint density at radius 2 is 1.89 bits per heavy atom. The summed E-state index contributed by atoms with van der Waals surface area (Å²) in [6.07, 6.45) is 3.43. The van der Waals surface area contributed by atoms with E-state index in [0.717, 1.165) is 18.5 Å². The Labute approximate surface area is 107 Å². The first-order valence-electron chi connectivity index (χ1n) is 5.77. The zero-order valence-corrected chi connectivity index (χ0v) is 9.93. The summed E-state index contributed by atoms with van der Waals surface area (Å²) in [4.78, 5) is 4.14. The van der Waals surface area contributed by atoms with Gasteiger partial charge in [-0.25, -0.2) is 4.98 Å². The Hall–Kier alpha value is -2.58. The van der Waals surface area contributed by atoms with Gasteiger partial charge in [0.15, 0.2) is 0 Å². The smallest absolute Gasteiger partial charge is 0.113 e. The predicted octanol–water partition coefficient (Wildman–Crippen LogP) is 2.94. The van der Waals surface area contributed by atoms with Crippen molar-refractivity contribution < 1.29 is 0 Å². The van der Waals surface area contributed by atoms with Crippen LogP contribution in [-0.2, 0) is 6.42 Å². The summed E-state index contributed by atoms with van der Waals surface area (Å²) in [6, 6.07) is 15.4. The summed E-state index contributed by atoms with van der Waals surface area (Å²) in [5, 5.41) is 8.69. The van der Waals surface area contributed by atoms with E-state index in [1.807, 2.05) is 42.5 Å². The van der Waals surface area contributed by atoms with Gasteiger partial charge in [-0.1, -0.05) is 24.1 Å². The number of nitrogens with zero attached hydrogens (tertiary/aromatic N) is 2. The normalized spacial score (nSPS) is 9.06. The number of rotatable bonds is 2. The molecule has 0 amide bonds. The van der Waals surface area contributed by atoms with Crippen LogP contribution in [0.1, 0.15) is 23.2 Å². The van der Waals surface area contributed by atoms with Crippen LogP contribution in [0.2, 0.25) is 0 Å². The van der Waals surface area contributed by atoms with Crippen molar-refractivity contribution in [2.24, 2.45) is 0 Å². The van der Waals surface area contributed by atoms with Crippen molar-refractivity contribution in [2.45, 2.75) is 12.8 Å². The molecule has 1 aromatic carbocycles. The minimum atomic E-state index is 0.693. The Bertz CT molecular complexity index is 596. The van der Waals surface area contributed by atoms with Crippen LogP contribution in [0.3, 0.4) is 0 Å². The molecule has 0 bridgehead atoms. The average Bonchev–Trinajstić information content (AvgIpc) is 2.45. The molecular formula is C16H12N2. The number of nitriles is 1. The van der Waals surface area contributed by atoms with Crippen LogP contribution < -0.4 is 0 Å². The summed E-state index contributed by atoms with van der Waals surface area (Å²) in [5.74, 6) is 6.13. The van der Waals surface area contributed by atoms with Gasteiger partial charge >= 0.3 is 0 Å². The first kappa shape index (κ1) is 11.9. The van der Waals surface area contributed by atoms with Crippen molar-refractivity contribution in [3.05, 3.63) is 65.5 Å². The van der Waals surface area contributed by atoms with Gasteiger partial charge < -0.3 is 0 Å². The van der Waals surface area contributed by atoms with E-state index >= 15 is 0 Å². The van der Waals surface area contributed by atoms with Gasteiger partial charge in [-0.15, -0.1) is 0 Å². The largest absolute Gasteiger partial charge is 0.248 e. The van der Waals surface area contributed by atoms with Crippen LogP contribution in [0.15, 0.2) is 48.7 Å². The molecule has 0 fully saturated rings. The molecule has 0 aliphatic carbocycles. The van der Waals surface area contributed by atoms with E-state index in [1.54, 1.807) is 6.20 Å². The standard InChI is InChI=1S/C16H12N2/c17-13-15-10-8-14(9-11-15)5-1-2-6-16-7-3-4-12-18-16/h3-4,7-12H,1,5H2. The monoisotopic (exact) mass is 232 g/mol. The first-order valence-corrected chi connectivity index (χ1v) is 5.77. The van der Waals surface area contributed by atoms with E-state index in [1.165, 1.54) is 5.56 Å². The van der Waals surface area contributed by atoms with Crippen LogP contribution in [0.4, 0.5) is 0 Å². The molecular weight excluding hydrogens is 220 g/mol. The molecule has 0 radical (unpaired) electrons. The minimum Gasteiger partial charge on any atom is -0.248 e. The fraction of sp³-hybridized carbons (Fsp3) is 0.125. The Morgan fingerprint density at radius 3 is 2.56 bits per heavy atom. The molecule has 2 aromatic rings. The number of hydrogen-bond acceptors (Lipinski definition) is 2. The lowest BCUT2D eigenvalue weighted by molar-refractivity contribution is 1.03. The molecule has 1 heterocycles. The first-order chi connectivity index (χ1) is 8.88. The molecule has 2 heteroatoms. The lowest BCUT2D eigenvalue weighted by Crippen LogP contribution is -1.84. The maximum absolute atomic E-state index is 8.69. The second-order valence-electron chi connectivity index (χ2n) is 3.83. The molecule has 0 aliphatic rings. The van der Waals surface area contributed by atoms with Gasteiger partial charge in [-0.05, 0) is 42.2 Å². The lowest BCUT2D eigenvalue weighted by Gasteiger charge is -1.96. The SMILES string of the molecule is N#Cc1ccc(CCC#Cc2ccccn2)cc1. The lowest BCUT2D eigenvalue weighted by atomic mass is 10.1. The van der Waals surface area contributed by atoms with Crippen LogP contribution in [0.5, 0.6) is 0 Å². The third-order valence-corrected chi connectivity index (χ3v) is 2.50. The van der Waals surface area contributed by atoms with E-state index in [0.29, 0.717) is 5.56 Å². The Balaban J connectivity index is 1.89. The third-order valence-electron chi connectivity index (χ3n) is 2.50. The van der Waals surface area contributed by atoms with Crippen LogP contribution >= 0.6 is 0 Å². The highest BCUT2D eigenvalue weighted by Gasteiger charge is 1.92. The van der Waals surface area contributed by atoms with Gasteiger partial charge in [0, 0.05) is 12.6 Å². The molecule has 18 heavy (non-hydrogen) atoms. The highest BCUT2D eigenvalue weighted by molar-refractivity contribution is 5.32. The van der Waals surface area contributed by atoms with Crippen LogP contribution in [-0.4, -0.2) is 4.98 Å². The zero-order valence-electron chi connectivity index (χ0n) is 9.93. The van der Waals surface area contributed by atoms with E-state index in [2.05, 4.69) is 22.9 Å². The van der Waals surface area contributed by atoms with Crippen LogP contribution in [0.25, 0.3) is 0 Å². The molecule has 0 N–H and O–H groups in total. The summed E-state index contributed by atoms with van der Waals surface area (Å²) in [7, 11) is 0. The fourth-order valence-corrected chi connectivity index (χ4v) is 1.54. The van der Waals surface area contributed by atoms with Gasteiger partial charge in [0.1, 0.15) is 5.69 Å². The maximum Gasteiger partial charge on any atom is 0.113 e. The number of hydrogen-bond donors (Lipinski definition) is 0. The summed E-state index contributed by atoms with van der Waals surface area (Å²) in [6.45, 7) is 0. The summed E-state index contributed by atoms with van der Waals surface area (Å²) < 4.78 is 0. The van der Waals surface area contributed by atoms with Gasteiger partial charge in [-0.2, -0.15) is 5.26 Å². The molecule has 0 spiro atoms. The molecule has 0 aliphatic heterocycles. The summed E-state index contributed by atoms with van der Waals surface area (Å²) >= 11 is 0. The molecule has 0 unspecified atom stereocenters. The average molecular weight is 232 g/mol. The fourth-order valence-electron chi connectivity index (χ4n) is 1.54. The van der Waals surface area contributed by atoms with Crippen molar-refractivity contribution in [3.63, 3.8) is 0 Å². The zero-order chi connectivity index (χ0) is 12.6. The van der Waals surface area contributed by atoms with Gasteiger partial charge in [0.25, 0.3) is 0 Å². The molecule has 2 nitrogen and oxygen atoms in total. The van der Waals surface area contributed by atoms with E-state index in [-0.39, 0.29) is 0 Å². The molecule has 0 saturated heterocycles. The van der Waals surface area contributed by atoms with E-state index < -0.39 is 0 Å². The van der Waals surface area contributed by atoms with Crippen molar-refractivity contribution in [2.75, 3.05) is 0 Å². The van der Waals surface area contributed by atoms with Crippen molar-refractivity contribution >= 4 is 0 Å². The minimum absolute atomic E-state index is 0.693. The van der Waals surface area contributed by atoms with Gasteiger partial charge in [-0.3, -0.25) is 0 Å². The maximum atomic E-state index is 8.69. The number of aromatic nitrogens is 1. The number of aryl methyl sites for hydroxylation is 1. The highest BCUT2D eigenvalue weighted by Crippen LogP contribution is 2.05. The molecule has 0 saturated carbocycles. The van der Waals surface area contributed by atoms with Crippen molar-refractivity contribution in [1.82, 2.24) is 4.98 Å². The van der Waals surface area contributed by atoms with Crippen molar-refractivity contribution in [3.8, 4) is 17.9 Å². The summed E-state index contributed by atoms with van der Waals surface area (Å²) in [5.41, 5.74) is 2.69. The number of benzene rings is 1. The number of pyridine rings is 1.